The maximum Gasteiger partial charge on any atom is 0.408 e. The fourth-order valence-electron chi connectivity index (χ4n) is 4.67. The van der Waals surface area contributed by atoms with Crippen LogP contribution in [0.25, 0.3) is 33.7 Å². The Morgan fingerprint density at radius 1 is 1.15 bits per heavy atom. The van der Waals surface area contributed by atoms with Crippen molar-refractivity contribution in [3.63, 3.8) is 0 Å². The molecule has 0 saturated carbocycles. The lowest BCUT2D eigenvalue weighted by Gasteiger charge is -2.44. The Morgan fingerprint density at radius 3 is 2.59 bits per heavy atom. The number of aromatic nitrogens is 3. The number of alkyl carbamates (subject to hydrolysis) is 1. The van der Waals surface area contributed by atoms with Crippen molar-refractivity contribution in [3.05, 3.63) is 53.7 Å². The van der Waals surface area contributed by atoms with E-state index in [1.807, 2.05) is 78.1 Å². The van der Waals surface area contributed by atoms with Gasteiger partial charge in [0.25, 0.3) is 5.89 Å². The molecule has 1 aliphatic heterocycles. The molecule has 2 aromatic heterocycles. The lowest BCUT2D eigenvalue weighted by Crippen LogP contribution is -2.63. The van der Waals surface area contributed by atoms with Crippen LogP contribution >= 0.6 is 11.6 Å². The molecule has 11 heteroatoms. The van der Waals surface area contributed by atoms with E-state index in [-0.39, 0.29) is 13.2 Å². The van der Waals surface area contributed by atoms with Gasteiger partial charge in [-0.25, -0.2) is 4.79 Å². The van der Waals surface area contributed by atoms with E-state index in [0.717, 1.165) is 16.5 Å². The van der Waals surface area contributed by atoms with Crippen molar-refractivity contribution < 1.29 is 28.3 Å². The molecule has 0 unspecified atom stereocenters. The fourth-order valence-corrected chi connectivity index (χ4v) is 4.90. The highest BCUT2D eigenvalue weighted by Crippen LogP contribution is 2.34. The van der Waals surface area contributed by atoms with Crippen LogP contribution in [-0.2, 0) is 20.8 Å². The lowest BCUT2D eigenvalue weighted by atomic mass is 10.00. The van der Waals surface area contributed by atoms with Crippen LogP contribution in [0.3, 0.4) is 0 Å². The van der Waals surface area contributed by atoms with Crippen LogP contribution < -0.4 is 10.1 Å². The highest BCUT2D eigenvalue weighted by Gasteiger charge is 2.43. The normalized spacial score (nSPS) is 16.5. The Labute approximate surface area is 243 Å². The average Bonchev–Trinajstić information content (AvgIpc) is 3.54. The van der Waals surface area contributed by atoms with Crippen molar-refractivity contribution in [1.29, 1.82) is 0 Å². The molecule has 10 nitrogen and oxygen atoms in total. The van der Waals surface area contributed by atoms with Crippen LogP contribution in [0.15, 0.2) is 53.2 Å². The van der Waals surface area contributed by atoms with Crippen molar-refractivity contribution >= 4 is 28.6 Å². The molecule has 0 bridgehead atoms. The predicted molar refractivity (Wildman–Crippen MR) is 155 cm³/mol. The zero-order chi connectivity index (χ0) is 29.4. The zero-order valence-electron chi connectivity index (χ0n) is 24.1. The minimum Gasteiger partial charge on any atom is -0.492 e. The Kier molecular flexibility index (Phi) is 7.76. The smallest absolute Gasteiger partial charge is 0.408 e. The number of hydrogen-bond acceptors (Lipinski definition) is 8. The van der Waals surface area contributed by atoms with Crippen LogP contribution in [0, 0.1) is 0 Å². The number of nitrogens with zero attached hydrogens (tertiary/aromatic N) is 3. The van der Waals surface area contributed by atoms with E-state index < -0.39 is 23.0 Å². The summed E-state index contributed by atoms with van der Waals surface area (Å²) in [7, 11) is 0. The molecule has 0 spiro atoms. The summed E-state index contributed by atoms with van der Waals surface area (Å²) in [6.07, 6.45) is 1.43. The minimum atomic E-state index is -0.855. The molecule has 1 fully saturated rings. The van der Waals surface area contributed by atoms with E-state index in [0.29, 0.717) is 41.2 Å². The standard InChI is InChI=1S/C30H35ClN4O6/c1-7-37-24-12-11-19(15-22(24)31)26-32-25(34-41-26)21-9-8-10-23-20(21)13-14-35(23)16-30(17-38-29(5,6)39-18-30)33-27(36)40-28(2,3)4/h8-15H,7,16-18H2,1-6H3,(H,33,36). The van der Waals surface area contributed by atoms with Gasteiger partial charge >= 0.3 is 6.09 Å². The van der Waals surface area contributed by atoms with Crippen LogP contribution in [0.5, 0.6) is 5.75 Å². The molecule has 5 rings (SSSR count). The summed E-state index contributed by atoms with van der Waals surface area (Å²) < 4.78 is 30.7. The molecule has 0 aliphatic carbocycles. The number of halogens is 1. The van der Waals surface area contributed by atoms with Crippen molar-refractivity contribution in [2.24, 2.45) is 0 Å². The van der Waals surface area contributed by atoms with E-state index in [9.17, 15) is 4.79 Å². The molecule has 1 aliphatic rings. The van der Waals surface area contributed by atoms with Crippen LogP contribution in [0.1, 0.15) is 41.5 Å². The van der Waals surface area contributed by atoms with Gasteiger partial charge in [-0.05, 0) is 71.9 Å². The van der Waals surface area contributed by atoms with Crippen molar-refractivity contribution in [2.75, 3.05) is 19.8 Å². The van der Waals surface area contributed by atoms with Gasteiger partial charge in [-0.2, -0.15) is 4.98 Å². The second kappa shape index (κ2) is 11.0. The van der Waals surface area contributed by atoms with Gasteiger partial charge in [-0.1, -0.05) is 28.9 Å². The summed E-state index contributed by atoms with van der Waals surface area (Å²) in [6, 6.07) is 13.2. The molecule has 41 heavy (non-hydrogen) atoms. The molecule has 4 aromatic rings. The topological polar surface area (TPSA) is 110 Å². The first kappa shape index (κ1) is 28.9. The minimum absolute atomic E-state index is 0.247. The predicted octanol–water partition coefficient (Wildman–Crippen LogP) is 6.46. The SMILES string of the molecule is CCOc1ccc(-c2nc(-c3cccc4c3ccn4CC3(NC(=O)OC(C)(C)C)COC(C)(C)OC3)no2)cc1Cl. The number of rotatable bonds is 7. The number of carbonyl (C=O) groups excluding carboxylic acids is 1. The molecular weight excluding hydrogens is 548 g/mol. The van der Waals surface area contributed by atoms with Gasteiger partial charge in [0.2, 0.25) is 5.82 Å². The van der Waals surface area contributed by atoms with Gasteiger partial charge < -0.3 is 33.4 Å². The number of benzene rings is 2. The van der Waals surface area contributed by atoms with E-state index in [1.165, 1.54) is 0 Å². The molecule has 1 amide bonds. The summed E-state index contributed by atoms with van der Waals surface area (Å²) in [5, 5.41) is 8.66. The summed E-state index contributed by atoms with van der Waals surface area (Å²) in [5.74, 6) is 0.636. The number of hydrogen-bond donors (Lipinski definition) is 1. The maximum atomic E-state index is 12.8. The van der Waals surface area contributed by atoms with Gasteiger partial charge in [-0.3, -0.25) is 0 Å². The summed E-state index contributed by atoms with van der Waals surface area (Å²) in [6.45, 7) is 12.5. The van der Waals surface area contributed by atoms with Gasteiger partial charge in [0.05, 0.1) is 31.4 Å². The number of ether oxygens (including phenoxy) is 4. The van der Waals surface area contributed by atoms with E-state index in [4.69, 9.17) is 35.1 Å². The van der Waals surface area contributed by atoms with Crippen LogP contribution in [-0.4, -0.2) is 57.5 Å². The third-order valence-electron chi connectivity index (χ3n) is 6.59. The first-order chi connectivity index (χ1) is 19.4. The number of nitrogens with one attached hydrogen (secondary N) is 1. The van der Waals surface area contributed by atoms with E-state index in [1.54, 1.807) is 12.1 Å². The van der Waals surface area contributed by atoms with E-state index in [2.05, 4.69) is 20.0 Å². The summed E-state index contributed by atoms with van der Waals surface area (Å²) in [5.41, 5.74) is 0.924. The first-order valence-electron chi connectivity index (χ1n) is 13.5. The zero-order valence-corrected chi connectivity index (χ0v) is 24.9. The second-order valence-electron chi connectivity index (χ2n) is 11.6. The number of carbonyl (C=O) groups is 1. The first-order valence-corrected chi connectivity index (χ1v) is 13.9. The maximum absolute atomic E-state index is 12.8. The summed E-state index contributed by atoms with van der Waals surface area (Å²) in [4.78, 5) is 17.5. The Hall–Kier alpha value is -3.60. The molecule has 3 heterocycles. The highest BCUT2D eigenvalue weighted by atomic mass is 35.5. The molecule has 1 N–H and O–H groups in total. The number of amides is 1. The lowest BCUT2D eigenvalue weighted by molar-refractivity contribution is -0.272. The van der Waals surface area contributed by atoms with Gasteiger partial charge in [0, 0.05) is 28.2 Å². The van der Waals surface area contributed by atoms with Gasteiger partial charge in [0.15, 0.2) is 5.79 Å². The van der Waals surface area contributed by atoms with Crippen molar-refractivity contribution in [3.8, 4) is 28.6 Å². The number of fused-ring (bicyclic) bond motifs is 1. The van der Waals surface area contributed by atoms with Crippen molar-refractivity contribution in [1.82, 2.24) is 20.0 Å². The third kappa shape index (κ3) is 6.50. The highest BCUT2D eigenvalue weighted by molar-refractivity contribution is 6.32. The quantitative estimate of drug-likeness (QED) is 0.264. The molecule has 0 atom stereocenters. The molecule has 218 valence electrons. The monoisotopic (exact) mass is 582 g/mol. The largest absolute Gasteiger partial charge is 0.492 e. The van der Waals surface area contributed by atoms with Crippen LogP contribution in [0.4, 0.5) is 4.79 Å². The summed E-state index contributed by atoms with van der Waals surface area (Å²) >= 11 is 6.36. The molecule has 1 saturated heterocycles. The third-order valence-corrected chi connectivity index (χ3v) is 6.89. The van der Waals surface area contributed by atoms with Crippen LogP contribution in [0.2, 0.25) is 5.02 Å². The Balaban J connectivity index is 1.43. The second-order valence-corrected chi connectivity index (χ2v) is 12.0. The van der Waals surface area contributed by atoms with Gasteiger partial charge in [-0.15, -0.1) is 0 Å². The van der Waals surface area contributed by atoms with E-state index >= 15 is 0 Å². The molecule has 2 aromatic carbocycles. The fraction of sp³-hybridized carbons (Fsp3) is 0.433. The molecular formula is C30H35ClN4O6. The Bertz CT molecular complexity index is 1540. The van der Waals surface area contributed by atoms with Crippen molar-refractivity contribution in [2.45, 2.75) is 65.0 Å². The molecule has 0 radical (unpaired) electrons. The Morgan fingerprint density at radius 2 is 1.90 bits per heavy atom. The van der Waals surface area contributed by atoms with Gasteiger partial charge in [0.1, 0.15) is 16.9 Å². The average molecular weight is 583 g/mol.